The highest BCUT2D eigenvalue weighted by Crippen LogP contribution is 2.45. The van der Waals surface area contributed by atoms with Crippen LogP contribution in [0.25, 0.3) is 0 Å². The van der Waals surface area contributed by atoms with Crippen LogP contribution in [0.3, 0.4) is 0 Å². The molecule has 1 atom stereocenters. The molecule has 2 fully saturated rings. The van der Waals surface area contributed by atoms with Gasteiger partial charge in [0.15, 0.2) is 0 Å². The number of unbranched alkanes of at least 4 members (excludes halogenated alkanes) is 1. The molecule has 0 unspecified atom stereocenters. The van der Waals surface area contributed by atoms with Crippen molar-refractivity contribution in [3.05, 3.63) is 71.8 Å². The van der Waals surface area contributed by atoms with Gasteiger partial charge in [0, 0.05) is 12.6 Å². The van der Waals surface area contributed by atoms with Crippen LogP contribution >= 0.6 is 0 Å². The number of hydrogen-bond donors (Lipinski definition) is 1. The molecule has 2 aromatic carbocycles. The van der Waals surface area contributed by atoms with Crippen LogP contribution in [0.5, 0.6) is 0 Å². The van der Waals surface area contributed by atoms with E-state index in [1.165, 1.54) is 36.8 Å². The molecular formula is C22H29BN2O. The minimum absolute atomic E-state index is 0.000214. The van der Waals surface area contributed by atoms with Crippen LogP contribution < -0.4 is 5.23 Å². The van der Waals surface area contributed by atoms with E-state index in [1.807, 2.05) is 0 Å². The minimum atomic E-state index is -0.111. The van der Waals surface area contributed by atoms with E-state index >= 15 is 0 Å². The van der Waals surface area contributed by atoms with Gasteiger partial charge in [-0.1, -0.05) is 80.4 Å². The van der Waals surface area contributed by atoms with Crippen LogP contribution in [0, 0.1) is 0 Å². The first kappa shape index (κ1) is 17.8. The van der Waals surface area contributed by atoms with E-state index in [-0.39, 0.29) is 12.7 Å². The van der Waals surface area contributed by atoms with Crippen LogP contribution in [0.1, 0.15) is 50.2 Å². The van der Waals surface area contributed by atoms with Gasteiger partial charge in [-0.05, 0) is 36.9 Å². The smallest absolute Gasteiger partial charge is 0.406 e. The van der Waals surface area contributed by atoms with Gasteiger partial charge in [-0.25, -0.2) is 0 Å². The maximum Gasteiger partial charge on any atom is 0.477 e. The summed E-state index contributed by atoms with van der Waals surface area (Å²) in [5.74, 6) is 0. The second-order valence-electron chi connectivity index (χ2n) is 7.58. The number of hydrogen-bond acceptors (Lipinski definition) is 3. The average molecular weight is 348 g/mol. The third-order valence-corrected chi connectivity index (χ3v) is 5.95. The Labute approximate surface area is 157 Å². The molecule has 136 valence electrons. The van der Waals surface area contributed by atoms with Crippen molar-refractivity contribution < 1.29 is 4.65 Å². The molecule has 3 nitrogen and oxygen atoms in total. The number of rotatable bonds is 6. The van der Waals surface area contributed by atoms with Crippen LogP contribution in [0.4, 0.5) is 0 Å². The lowest BCUT2D eigenvalue weighted by Gasteiger charge is -2.41. The minimum Gasteiger partial charge on any atom is -0.406 e. The molecule has 0 spiro atoms. The van der Waals surface area contributed by atoms with Crippen molar-refractivity contribution in [1.29, 1.82) is 0 Å². The summed E-state index contributed by atoms with van der Waals surface area (Å²) >= 11 is 0. The summed E-state index contributed by atoms with van der Waals surface area (Å²) in [6.45, 7) is 4.13. The maximum absolute atomic E-state index is 6.26. The van der Waals surface area contributed by atoms with Gasteiger partial charge in [0.25, 0.3) is 0 Å². The van der Waals surface area contributed by atoms with Gasteiger partial charge in [-0.2, -0.15) is 0 Å². The molecule has 2 aliphatic rings. The summed E-state index contributed by atoms with van der Waals surface area (Å²) < 4.78 is 6.26. The first-order valence-electron chi connectivity index (χ1n) is 10.1. The Hall–Kier alpha value is -1.62. The molecule has 2 saturated heterocycles. The molecular weight excluding hydrogens is 319 g/mol. The normalized spacial score (nSPS) is 22.8. The Morgan fingerprint density at radius 1 is 1.08 bits per heavy atom. The Morgan fingerprint density at radius 2 is 1.73 bits per heavy atom. The Morgan fingerprint density at radius 3 is 2.35 bits per heavy atom. The van der Waals surface area contributed by atoms with Gasteiger partial charge in [0.2, 0.25) is 0 Å². The van der Waals surface area contributed by atoms with Gasteiger partial charge in [0.1, 0.15) is 0 Å². The van der Waals surface area contributed by atoms with E-state index in [1.54, 1.807) is 0 Å². The Balaban J connectivity index is 1.67. The molecule has 2 heterocycles. The van der Waals surface area contributed by atoms with Gasteiger partial charge in [0.05, 0.1) is 5.54 Å². The zero-order valence-electron chi connectivity index (χ0n) is 15.7. The Bertz CT molecular complexity index is 654. The first-order valence-corrected chi connectivity index (χ1v) is 10.1. The average Bonchev–Trinajstić information content (AvgIpc) is 3.35. The van der Waals surface area contributed by atoms with Gasteiger partial charge < -0.3 is 9.88 Å². The van der Waals surface area contributed by atoms with Crippen molar-refractivity contribution in [3.8, 4) is 0 Å². The fourth-order valence-corrected chi connectivity index (χ4v) is 4.67. The Kier molecular flexibility index (Phi) is 5.44. The van der Waals surface area contributed by atoms with E-state index in [9.17, 15) is 0 Å². The first-order chi connectivity index (χ1) is 12.8. The number of nitrogens with zero attached hydrogens (tertiary/aromatic N) is 1. The highest BCUT2D eigenvalue weighted by Gasteiger charge is 2.51. The third kappa shape index (κ3) is 3.22. The SMILES string of the molecule is CCCC[C@@H]1COB(N2CCCC2(c2ccccc2)c2ccccc2)N1. The van der Waals surface area contributed by atoms with Crippen molar-refractivity contribution in [2.75, 3.05) is 13.2 Å². The van der Waals surface area contributed by atoms with Gasteiger partial charge in [-0.15, -0.1) is 0 Å². The van der Waals surface area contributed by atoms with E-state index < -0.39 is 0 Å². The van der Waals surface area contributed by atoms with Crippen molar-refractivity contribution in [2.45, 2.75) is 50.6 Å². The summed E-state index contributed by atoms with van der Waals surface area (Å²) in [4.78, 5) is 2.56. The van der Waals surface area contributed by atoms with Gasteiger partial charge >= 0.3 is 7.19 Å². The molecule has 0 aromatic heterocycles. The molecule has 26 heavy (non-hydrogen) atoms. The molecule has 0 amide bonds. The van der Waals surface area contributed by atoms with Crippen LogP contribution in [-0.2, 0) is 10.2 Å². The largest absolute Gasteiger partial charge is 0.477 e. The summed E-state index contributed by atoms with van der Waals surface area (Å²) in [7, 11) is -0.000214. The lowest BCUT2D eigenvalue weighted by atomic mass is 9.76. The third-order valence-electron chi connectivity index (χ3n) is 5.95. The van der Waals surface area contributed by atoms with Crippen molar-refractivity contribution in [2.24, 2.45) is 0 Å². The standard InChI is InChI=1S/C22H29BN2O/c1-2-3-15-21-18-26-23(24-21)25-17-10-16-22(25,19-11-6-4-7-12-19)20-13-8-5-9-14-20/h4-9,11-14,21,24H,2-3,10,15-18H2,1H3/t21-/m1/s1. The number of benzene rings is 2. The summed E-state index contributed by atoms with van der Waals surface area (Å²) in [5, 5.41) is 3.77. The van der Waals surface area contributed by atoms with Crippen molar-refractivity contribution in [3.63, 3.8) is 0 Å². The highest BCUT2D eigenvalue weighted by atomic mass is 16.5. The van der Waals surface area contributed by atoms with E-state index in [2.05, 4.69) is 77.6 Å². The predicted molar refractivity (Wildman–Crippen MR) is 108 cm³/mol. The fourth-order valence-electron chi connectivity index (χ4n) is 4.67. The van der Waals surface area contributed by atoms with Crippen LogP contribution in [-0.4, -0.2) is 31.2 Å². The lowest BCUT2D eigenvalue weighted by Crippen LogP contribution is -2.57. The second kappa shape index (κ2) is 7.95. The monoisotopic (exact) mass is 348 g/mol. The molecule has 0 aliphatic carbocycles. The molecule has 1 N–H and O–H groups in total. The number of nitrogens with one attached hydrogen (secondary N) is 1. The molecule has 0 saturated carbocycles. The topological polar surface area (TPSA) is 24.5 Å². The van der Waals surface area contributed by atoms with Crippen molar-refractivity contribution in [1.82, 2.24) is 10.0 Å². The molecule has 2 aromatic rings. The molecule has 4 rings (SSSR count). The molecule has 4 heteroatoms. The highest BCUT2D eigenvalue weighted by molar-refractivity contribution is 6.46. The zero-order chi connectivity index (χ0) is 17.8. The van der Waals surface area contributed by atoms with E-state index in [0.717, 1.165) is 19.6 Å². The van der Waals surface area contributed by atoms with Crippen molar-refractivity contribution >= 4 is 7.19 Å². The predicted octanol–water partition coefficient (Wildman–Crippen LogP) is 4.19. The second-order valence-corrected chi connectivity index (χ2v) is 7.58. The summed E-state index contributed by atoms with van der Waals surface area (Å²) in [6, 6.07) is 22.4. The lowest BCUT2D eigenvalue weighted by molar-refractivity contribution is 0.230. The maximum atomic E-state index is 6.26. The summed E-state index contributed by atoms with van der Waals surface area (Å²) in [6.07, 6.45) is 6.01. The quantitative estimate of drug-likeness (QED) is 0.793. The summed E-state index contributed by atoms with van der Waals surface area (Å²) in [5.41, 5.74) is 2.62. The molecule has 2 aliphatic heterocycles. The van der Waals surface area contributed by atoms with E-state index in [4.69, 9.17) is 4.65 Å². The van der Waals surface area contributed by atoms with Gasteiger partial charge in [-0.3, -0.25) is 4.81 Å². The van der Waals surface area contributed by atoms with E-state index in [0.29, 0.717) is 6.04 Å². The molecule has 0 radical (unpaired) electrons. The molecule has 0 bridgehead atoms. The van der Waals surface area contributed by atoms with Crippen LogP contribution in [0.15, 0.2) is 60.7 Å². The zero-order valence-corrected chi connectivity index (χ0v) is 15.7. The fraction of sp³-hybridized carbons (Fsp3) is 0.455. The van der Waals surface area contributed by atoms with Crippen LogP contribution in [0.2, 0.25) is 0 Å².